The van der Waals surface area contributed by atoms with E-state index in [1.54, 1.807) is 0 Å². The van der Waals surface area contributed by atoms with E-state index in [2.05, 4.69) is 0 Å². The van der Waals surface area contributed by atoms with Crippen LogP contribution in [-0.4, -0.2) is 17.4 Å². The van der Waals surface area contributed by atoms with Crippen LogP contribution >= 0.6 is 0 Å². The van der Waals surface area contributed by atoms with E-state index in [4.69, 9.17) is 5.11 Å². The highest BCUT2D eigenvalue weighted by Gasteiger charge is 2.35. The van der Waals surface area contributed by atoms with Crippen LogP contribution < -0.4 is 0 Å². The molecule has 18 heavy (non-hydrogen) atoms. The Morgan fingerprint density at radius 3 is 2.50 bits per heavy atom. The predicted octanol–water partition coefficient (Wildman–Crippen LogP) is 2.75. The van der Waals surface area contributed by atoms with Gasteiger partial charge in [-0.2, -0.15) is 0 Å². The molecule has 3 nitrogen and oxygen atoms in total. The van der Waals surface area contributed by atoms with Crippen molar-refractivity contribution in [2.75, 3.05) is 0 Å². The van der Waals surface area contributed by atoms with Crippen LogP contribution in [0.25, 0.3) is 0 Å². The summed E-state index contributed by atoms with van der Waals surface area (Å²) in [5.41, 5.74) is 0.334. The molecule has 1 aliphatic carbocycles. The number of carbonyl (C=O) groups excluding carboxylic acids is 1. The molecule has 0 bridgehead atoms. The Labute approximate surface area is 102 Å². The van der Waals surface area contributed by atoms with Crippen LogP contribution in [0.1, 0.15) is 41.1 Å². The first-order valence-corrected chi connectivity index (χ1v) is 5.69. The third kappa shape index (κ3) is 2.55. The molecule has 1 aliphatic rings. The van der Waals surface area contributed by atoms with E-state index in [1.807, 2.05) is 0 Å². The Kier molecular flexibility index (Phi) is 3.41. The number of carboxylic acid groups (broad SMARTS) is 1. The Bertz CT molecular complexity index is 495. The number of carboxylic acids is 1. The topological polar surface area (TPSA) is 54.4 Å². The molecule has 1 aromatic rings. The minimum atomic E-state index is -1.09. The molecule has 1 N–H and O–H groups in total. The second kappa shape index (κ2) is 4.84. The second-order valence-corrected chi connectivity index (χ2v) is 4.55. The number of carbonyl (C=O) groups is 2. The summed E-state index contributed by atoms with van der Waals surface area (Å²) in [6, 6.07) is 1.78. The molecule has 2 rings (SSSR count). The van der Waals surface area contributed by atoms with Crippen LogP contribution in [0.15, 0.2) is 12.1 Å². The smallest absolute Gasteiger partial charge is 0.303 e. The van der Waals surface area contributed by atoms with E-state index >= 15 is 0 Å². The third-order valence-electron chi connectivity index (χ3n) is 3.24. The molecule has 5 heteroatoms. The molecule has 1 atom stereocenters. The fourth-order valence-electron chi connectivity index (χ4n) is 2.22. The molecule has 0 heterocycles. The van der Waals surface area contributed by atoms with E-state index < -0.39 is 23.5 Å². The number of hydrogen-bond acceptors (Lipinski definition) is 2. The highest BCUT2D eigenvalue weighted by molar-refractivity contribution is 5.78. The van der Waals surface area contributed by atoms with Gasteiger partial charge in [-0.25, -0.2) is 8.78 Å². The van der Waals surface area contributed by atoms with Gasteiger partial charge in [0.1, 0.15) is 6.29 Å². The predicted molar refractivity (Wildman–Crippen MR) is 59.5 cm³/mol. The minimum Gasteiger partial charge on any atom is -0.481 e. The van der Waals surface area contributed by atoms with Crippen molar-refractivity contribution in [2.24, 2.45) is 5.92 Å². The lowest BCUT2D eigenvalue weighted by Crippen LogP contribution is -2.11. The number of halogens is 2. The van der Waals surface area contributed by atoms with E-state index in [-0.39, 0.29) is 17.9 Å². The van der Waals surface area contributed by atoms with E-state index in [0.717, 1.165) is 25.0 Å². The van der Waals surface area contributed by atoms with Gasteiger partial charge in [0.05, 0.1) is 6.42 Å². The van der Waals surface area contributed by atoms with Crippen LogP contribution in [-0.2, 0) is 4.79 Å². The average molecular weight is 254 g/mol. The summed E-state index contributed by atoms with van der Waals surface area (Å²) in [6.45, 7) is 0. The fourth-order valence-corrected chi connectivity index (χ4v) is 2.22. The van der Waals surface area contributed by atoms with Crippen molar-refractivity contribution in [1.82, 2.24) is 0 Å². The monoisotopic (exact) mass is 254 g/mol. The number of aldehydes is 1. The molecule has 0 spiro atoms. The molecule has 1 fully saturated rings. The van der Waals surface area contributed by atoms with Crippen molar-refractivity contribution >= 4 is 12.3 Å². The van der Waals surface area contributed by atoms with Crippen LogP contribution in [0, 0.1) is 17.6 Å². The minimum absolute atomic E-state index is 0.0343. The summed E-state index contributed by atoms with van der Waals surface area (Å²) in [5, 5.41) is 8.85. The quantitative estimate of drug-likeness (QED) is 0.822. The third-order valence-corrected chi connectivity index (χ3v) is 3.24. The maximum Gasteiger partial charge on any atom is 0.303 e. The van der Waals surface area contributed by atoms with Crippen LogP contribution in [0.3, 0.4) is 0 Å². The van der Waals surface area contributed by atoms with Gasteiger partial charge in [0, 0.05) is 5.56 Å². The molecule has 0 aromatic heterocycles. The number of hydrogen-bond donors (Lipinski definition) is 1. The fraction of sp³-hybridized carbons (Fsp3) is 0.385. The first-order chi connectivity index (χ1) is 8.52. The maximum absolute atomic E-state index is 13.2. The lowest BCUT2D eigenvalue weighted by Gasteiger charge is -2.16. The van der Waals surface area contributed by atoms with Gasteiger partial charge in [-0.1, -0.05) is 0 Å². The molecule has 1 saturated carbocycles. The van der Waals surface area contributed by atoms with Gasteiger partial charge < -0.3 is 5.11 Å². The van der Waals surface area contributed by atoms with Crippen molar-refractivity contribution in [2.45, 2.75) is 25.2 Å². The average Bonchev–Trinajstić information content (AvgIpc) is 3.13. The molecule has 0 radical (unpaired) electrons. The number of benzene rings is 1. The standard InChI is InChI=1S/C13H12F2O3/c14-11-3-8(6-16)9(4-12(11)15)10(5-13(17)18)7-1-2-7/h3-4,6-7,10H,1-2,5H2,(H,17,18). The van der Waals surface area contributed by atoms with Crippen LogP contribution in [0.2, 0.25) is 0 Å². The van der Waals surface area contributed by atoms with E-state index in [0.29, 0.717) is 11.8 Å². The Hall–Kier alpha value is -1.78. The summed E-state index contributed by atoms with van der Waals surface area (Å²) < 4.78 is 26.3. The van der Waals surface area contributed by atoms with Gasteiger partial charge in [-0.3, -0.25) is 9.59 Å². The second-order valence-electron chi connectivity index (χ2n) is 4.55. The SMILES string of the molecule is O=Cc1cc(F)c(F)cc1C(CC(=O)O)C1CC1. The van der Waals surface area contributed by atoms with Crippen molar-refractivity contribution in [3.05, 3.63) is 34.9 Å². The summed E-state index contributed by atoms with van der Waals surface area (Å²) in [7, 11) is 0. The first kappa shape index (κ1) is 12.7. The van der Waals surface area contributed by atoms with Gasteiger partial charge in [-0.15, -0.1) is 0 Å². The molecule has 1 unspecified atom stereocenters. The summed E-state index contributed by atoms with van der Waals surface area (Å²) >= 11 is 0. The molecule has 96 valence electrons. The number of rotatable bonds is 5. The van der Waals surface area contributed by atoms with E-state index in [1.165, 1.54) is 0 Å². The normalized spacial score (nSPS) is 16.3. The Morgan fingerprint density at radius 1 is 1.39 bits per heavy atom. The van der Waals surface area contributed by atoms with Gasteiger partial charge >= 0.3 is 5.97 Å². The Morgan fingerprint density at radius 2 is 2.00 bits per heavy atom. The summed E-state index contributed by atoms with van der Waals surface area (Å²) in [5.74, 6) is -3.42. The van der Waals surface area contributed by atoms with Crippen LogP contribution in [0.5, 0.6) is 0 Å². The lowest BCUT2D eigenvalue weighted by molar-refractivity contribution is -0.137. The van der Waals surface area contributed by atoms with E-state index in [9.17, 15) is 18.4 Å². The number of aliphatic carboxylic acids is 1. The zero-order valence-electron chi connectivity index (χ0n) is 9.53. The highest BCUT2D eigenvalue weighted by atomic mass is 19.2. The molecule has 0 aliphatic heterocycles. The summed E-state index contributed by atoms with van der Waals surface area (Å²) in [6.07, 6.45) is 1.98. The molecular formula is C13H12F2O3. The van der Waals surface area contributed by atoms with Crippen molar-refractivity contribution in [1.29, 1.82) is 0 Å². The van der Waals surface area contributed by atoms with Crippen molar-refractivity contribution < 1.29 is 23.5 Å². The van der Waals surface area contributed by atoms with Gasteiger partial charge in [0.2, 0.25) is 0 Å². The molecule has 0 amide bonds. The zero-order valence-corrected chi connectivity index (χ0v) is 9.53. The van der Waals surface area contributed by atoms with Gasteiger partial charge in [0.15, 0.2) is 11.6 Å². The highest BCUT2D eigenvalue weighted by Crippen LogP contribution is 2.45. The zero-order chi connectivity index (χ0) is 13.3. The van der Waals surface area contributed by atoms with Gasteiger partial charge in [0.25, 0.3) is 0 Å². The molecule has 1 aromatic carbocycles. The van der Waals surface area contributed by atoms with Crippen molar-refractivity contribution in [3.8, 4) is 0 Å². The molecule has 0 saturated heterocycles. The van der Waals surface area contributed by atoms with Crippen LogP contribution in [0.4, 0.5) is 8.78 Å². The lowest BCUT2D eigenvalue weighted by atomic mass is 9.88. The largest absolute Gasteiger partial charge is 0.481 e. The van der Waals surface area contributed by atoms with Crippen molar-refractivity contribution in [3.63, 3.8) is 0 Å². The first-order valence-electron chi connectivity index (χ1n) is 5.69. The summed E-state index contributed by atoms with van der Waals surface area (Å²) in [4.78, 5) is 21.7. The molecular weight excluding hydrogens is 242 g/mol. The van der Waals surface area contributed by atoms with Gasteiger partial charge in [-0.05, 0) is 42.4 Å². The maximum atomic E-state index is 13.2. The Balaban J connectivity index is 2.42.